The van der Waals surface area contributed by atoms with Crippen LogP contribution >= 0.6 is 0 Å². The van der Waals surface area contributed by atoms with Crippen molar-refractivity contribution in [2.24, 2.45) is 5.92 Å². The Bertz CT molecular complexity index is 1000. The number of anilines is 1. The van der Waals surface area contributed by atoms with Crippen LogP contribution in [0.2, 0.25) is 0 Å². The lowest BCUT2D eigenvalue weighted by Gasteiger charge is -2.30. The molecule has 0 N–H and O–H groups in total. The molecule has 3 heterocycles. The number of allylic oxidation sites excluding steroid dienone is 2. The summed E-state index contributed by atoms with van der Waals surface area (Å²) in [7, 11) is 0. The van der Waals surface area contributed by atoms with Gasteiger partial charge in [0.05, 0.1) is 5.92 Å². The van der Waals surface area contributed by atoms with E-state index < -0.39 is 0 Å². The van der Waals surface area contributed by atoms with Gasteiger partial charge < -0.3 is 14.2 Å². The molecule has 0 saturated carbocycles. The zero-order valence-electron chi connectivity index (χ0n) is 19.8. The van der Waals surface area contributed by atoms with E-state index in [1.54, 1.807) is 18.5 Å². The van der Waals surface area contributed by atoms with E-state index in [1.807, 2.05) is 19.9 Å². The predicted molar refractivity (Wildman–Crippen MR) is 127 cm³/mol. The van der Waals surface area contributed by atoms with E-state index in [2.05, 4.69) is 25.5 Å². The maximum Gasteiger partial charge on any atom is 0.309 e. The second kappa shape index (κ2) is 10.8. The molecule has 0 aromatic carbocycles. The summed E-state index contributed by atoms with van der Waals surface area (Å²) in [6.07, 6.45) is 13.2. The molecule has 2 aromatic rings. The van der Waals surface area contributed by atoms with Crippen molar-refractivity contribution >= 4 is 17.7 Å². The standard InChI is InChI=1S/C26H34N4O3/c1-19-17-23(20(2)30(19)16-9-21-7-4-3-5-8-21)24(31)18-33-25(32)22-10-14-29(15-11-22)26-27-12-6-13-28-26/h6-7,12-13,17,22H,3-5,8-11,14-16,18H2,1-2H3. The normalized spacial score (nSPS) is 17.0. The number of piperidine rings is 1. The Morgan fingerprint density at radius 2 is 1.88 bits per heavy atom. The molecule has 176 valence electrons. The first-order chi connectivity index (χ1) is 16.0. The van der Waals surface area contributed by atoms with Gasteiger partial charge in [0.2, 0.25) is 11.7 Å². The van der Waals surface area contributed by atoms with Gasteiger partial charge in [-0.25, -0.2) is 9.97 Å². The third kappa shape index (κ3) is 5.70. The van der Waals surface area contributed by atoms with Crippen molar-refractivity contribution in [2.75, 3.05) is 24.6 Å². The molecule has 7 heteroatoms. The smallest absolute Gasteiger partial charge is 0.309 e. The number of nitrogens with zero attached hydrogens (tertiary/aromatic N) is 4. The van der Waals surface area contributed by atoms with Crippen LogP contribution in [0.15, 0.2) is 36.2 Å². The van der Waals surface area contributed by atoms with Crippen LogP contribution in [0.4, 0.5) is 5.95 Å². The van der Waals surface area contributed by atoms with E-state index >= 15 is 0 Å². The second-order valence-electron chi connectivity index (χ2n) is 9.14. The molecule has 2 aliphatic rings. The molecule has 1 aliphatic carbocycles. The summed E-state index contributed by atoms with van der Waals surface area (Å²) in [5.74, 6) is 0.0910. The lowest BCUT2D eigenvalue weighted by atomic mass is 9.97. The summed E-state index contributed by atoms with van der Waals surface area (Å²) < 4.78 is 7.66. The number of hydrogen-bond acceptors (Lipinski definition) is 6. The minimum absolute atomic E-state index is 0.130. The molecule has 2 aromatic heterocycles. The highest BCUT2D eigenvalue weighted by Gasteiger charge is 2.28. The first kappa shape index (κ1) is 23.2. The topological polar surface area (TPSA) is 77.3 Å². The van der Waals surface area contributed by atoms with Gasteiger partial charge in [-0.05, 0) is 70.9 Å². The summed E-state index contributed by atoms with van der Waals surface area (Å²) >= 11 is 0. The number of carbonyl (C=O) groups excluding carboxylic acids is 2. The van der Waals surface area contributed by atoms with Crippen molar-refractivity contribution in [3.05, 3.63) is 53.1 Å². The van der Waals surface area contributed by atoms with Gasteiger partial charge in [0.1, 0.15) is 0 Å². The molecule has 0 amide bonds. The minimum atomic E-state index is -0.282. The third-order valence-electron chi connectivity index (χ3n) is 6.92. The van der Waals surface area contributed by atoms with Gasteiger partial charge in [-0.15, -0.1) is 0 Å². The lowest BCUT2D eigenvalue weighted by molar-refractivity contribution is -0.148. The van der Waals surface area contributed by atoms with Crippen molar-refractivity contribution in [3.63, 3.8) is 0 Å². The Morgan fingerprint density at radius 1 is 1.12 bits per heavy atom. The SMILES string of the molecule is Cc1cc(C(=O)COC(=O)C2CCN(c3ncccn3)CC2)c(C)n1CCC1=CCCCC1. The molecule has 0 atom stereocenters. The van der Waals surface area contributed by atoms with Gasteiger partial charge in [-0.1, -0.05) is 11.6 Å². The number of ketones is 1. The van der Waals surface area contributed by atoms with E-state index in [-0.39, 0.29) is 24.3 Å². The molecule has 0 bridgehead atoms. The summed E-state index contributed by atoms with van der Waals surface area (Å²) in [5, 5.41) is 0. The number of carbonyl (C=O) groups is 2. The van der Waals surface area contributed by atoms with Crippen LogP contribution in [-0.2, 0) is 16.1 Å². The Balaban J connectivity index is 1.27. The fraction of sp³-hybridized carbons (Fsp3) is 0.538. The Morgan fingerprint density at radius 3 is 2.58 bits per heavy atom. The van der Waals surface area contributed by atoms with Crippen LogP contribution in [0.25, 0.3) is 0 Å². The van der Waals surface area contributed by atoms with E-state index in [9.17, 15) is 9.59 Å². The van der Waals surface area contributed by atoms with Crippen molar-refractivity contribution in [2.45, 2.75) is 65.3 Å². The average molecular weight is 451 g/mol. The number of aryl methyl sites for hydroxylation is 1. The first-order valence-electron chi connectivity index (χ1n) is 12.1. The molecule has 7 nitrogen and oxygen atoms in total. The Labute approximate surface area is 195 Å². The average Bonchev–Trinajstić information content (AvgIpc) is 3.15. The summed E-state index contributed by atoms with van der Waals surface area (Å²) in [5.41, 5.74) is 4.23. The molecule has 0 spiro atoms. The van der Waals surface area contributed by atoms with E-state index in [0.717, 1.165) is 24.4 Å². The van der Waals surface area contributed by atoms with Gasteiger partial charge in [0.25, 0.3) is 0 Å². The zero-order valence-corrected chi connectivity index (χ0v) is 19.8. The molecule has 0 radical (unpaired) electrons. The Kier molecular flexibility index (Phi) is 7.57. The highest BCUT2D eigenvalue weighted by Crippen LogP contribution is 2.24. The van der Waals surface area contributed by atoms with Gasteiger partial charge in [0, 0.05) is 49.0 Å². The second-order valence-corrected chi connectivity index (χ2v) is 9.14. The molecule has 33 heavy (non-hydrogen) atoms. The van der Waals surface area contributed by atoms with Crippen LogP contribution in [0.3, 0.4) is 0 Å². The third-order valence-corrected chi connectivity index (χ3v) is 6.92. The largest absolute Gasteiger partial charge is 0.457 e. The molecular formula is C26H34N4O3. The fourth-order valence-electron chi connectivity index (χ4n) is 4.92. The van der Waals surface area contributed by atoms with Gasteiger partial charge in [0.15, 0.2) is 6.61 Å². The van der Waals surface area contributed by atoms with Crippen LogP contribution in [0, 0.1) is 19.8 Å². The Hall–Kier alpha value is -2.96. The molecule has 4 rings (SSSR count). The van der Waals surface area contributed by atoms with Crippen LogP contribution in [0.1, 0.15) is 66.7 Å². The first-order valence-corrected chi connectivity index (χ1v) is 12.1. The molecule has 1 fully saturated rings. The monoisotopic (exact) mass is 450 g/mol. The quantitative estimate of drug-likeness (QED) is 0.336. The van der Waals surface area contributed by atoms with Crippen LogP contribution < -0.4 is 4.90 Å². The lowest BCUT2D eigenvalue weighted by Crippen LogP contribution is -2.38. The van der Waals surface area contributed by atoms with Crippen LogP contribution in [-0.4, -0.2) is 46.0 Å². The number of ether oxygens (including phenoxy) is 1. The summed E-state index contributed by atoms with van der Waals surface area (Å²) in [6.45, 7) is 6.12. The highest BCUT2D eigenvalue weighted by molar-refractivity contribution is 5.99. The van der Waals surface area contributed by atoms with Gasteiger partial charge in [-0.3, -0.25) is 9.59 Å². The molecule has 1 saturated heterocycles. The van der Waals surface area contributed by atoms with Crippen LogP contribution in [0.5, 0.6) is 0 Å². The maximum atomic E-state index is 12.8. The van der Waals surface area contributed by atoms with Crippen molar-refractivity contribution in [1.82, 2.24) is 14.5 Å². The highest BCUT2D eigenvalue weighted by atomic mass is 16.5. The number of hydrogen-bond donors (Lipinski definition) is 0. The maximum absolute atomic E-state index is 12.8. The van der Waals surface area contributed by atoms with Crippen molar-refractivity contribution in [3.8, 4) is 0 Å². The number of aromatic nitrogens is 3. The fourth-order valence-corrected chi connectivity index (χ4v) is 4.92. The van der Waals surface area contributed by atoms with E-state index in [1.165, 1.54) is 31.3 Å². The van der Waals surface area contributed by atoms with Gasteiger partial charge >= 0.3 is 5.97 Å². The number of rotatable bonds is 8. The summed E-state index contributed by atoms with van der Waals surface area (Å²) in [6, 6.07) is 3.72. The zero-order chi connectivity index (χ0) is 23.2. The van der Waals surface area contributed by atoms with E-state index in [0.29, 0.717) is 37.4 Å². The molecular weight excluding hydrogens is 416 g/mol. The van der Waals surface area contributed by atoms with Crippen molar-refractivity contribution in [1.29, 1.82) is 0 Å². The van der Waals surface area contributed by atoms with Gasteiger partial charge in [-0.2, -0.15) is 0 Å². The minimum Gasteiger partial charge on any atom is -0.457 e. The van der Waals surface area contributed by atoms with Crippen molar-refractivity contribution < 1.29 is 14.3 Å². The predicted octanol–water partition coefficient (Wildman–Crippen LogP) is 4.43. The molecule has 0 unspecified atom stereocenters. The number of esters is 1. The number of Topliss-reactive ketones (excluding diaryl/α,β-unsaturated/α-hetero) is 1. The summed E-state index contributed by atoms with van der Waals surface area (Å²) in [4.78, 5) is 36.0. The molecule has 1 aliphatic heterocycles. The van der Waals surface area contributed by atoms with E-state index in [4.69, 9.17) is 4.74 Å².